The van der Waals surface area contributed by atoms with Gasteiger partial charge in [-0.05, 0) is 12.1 Å². The van der Waals surface area contributed by atoms with E-state index < -0.39 is 28.2 Å². The van der Waals surface area contributed by atoms with Crippen LogP contribution in [-0.4, -0.2) is 32.8 Å². The molecule has 0 amide bonds. The lowest BCUT2D eigenvalue weighted by molar-refractivity contribution is -0.383. The Balaban J connectivity index is 1.72. The van der Waals surface area contributed by atoms with Gasteiger partial charge in [0.25, 0.3) is 17.0 Å². The van der Waals surface area contributed by atoms with Crippen LogP contribution in [0.1, 0.15) is 13.8 Å². The van der Waals surface area contributed by atoms with Crippen LogP contribution >= 0.6 is 0 Å². The van der Waals surface area contributed by atoms with E-state index in [1.807, 2.05) is 0 Å². The Labute approximate surface area is 179 Å². The number of nitrogens with one attached hydrogen (secondary N) is 2. The summed E-state index contributed by atoms with van der Waals surface area (Å²) >= 11 is 0. The molecule has 0 aliphatic carbocycles. The largest absolute Gasteiger partial charge is 0.419 e. The van der Waals surface area contributed by atoms with Gasteiger partial charge in [-0.25, -0.2) is 14.7 Å². The highest BCUT2D eigenvalue weighted by atomic mass is 16.7. The van der Waals surface area contributed by atoms with Crippen molar-refractivity contribution in [3.63, 3.8) is 0 Å². The zero-order valence-electron chi connectivity index (χ0n) is 16.9. The molecule has 162 valence electrons. The van der Waals surface area contributed by atoms with Crippen LogP contribution in [-0.2, 0) is 19.1 Å². The number of nitrogens with zero attached hydrogens (tertiary/aromatic N) is 2. The summed E-state index contributed by atoms with van der Waals surface area (Å²) in [6, 6.07) is 11.0. The summed E-state index contributed by atoms with van der Waals surface area (Å²) < 4.78 is 9.98. The highest BCUT2D eigenvalue weighted by molar-refractivity contribution is 6.15. The fraction of sp³-hybridized carbons (Fsp3) is 0.143. The van der Waals surface area contributed by atoms with Crippen LogP contribution in [0.5, 0.6) is 0 Å². The summed E-state index contributed by atoms with van der Waals surface area (Å²) in [5, 5.41) is 21.6. The molecule has 0 saturated carbocycles. The number of aromatic amines is 1. The molecular formula is C21H16N4O7. The predicted molar refractivity (Wildman–Crippen MR) is 112 cm³/mol. The van der Waals surface area contributed by atoms with Crippen molar-refractivity contribution < 1.29 is 24.0 Å². The van der Waals surface area contributed by atoms with Gasteiger partial charge in [0.15, 0.2) is 5.57 Å². The number of hydrogen-bond donors (Lipinski definition) is 2. The molecule has 2 aromatic carbocycles. The molecule has 32 heavy (non-hydrogen) atoms. The topological polar surface area (TPSA) is 154 Å². The van der Waals surface area contributed by atoms with Crippen molar-refractivity contribution in [2.24, 2.45) is 0 Å². The Hall–Kier alpha value is -4.54. The maximum atomic E-state index is 12.0. The van der Waals surface area contributed by atoms with E-state index in [4.69, 9.17) is 9.47 Å². The number of benzene rings is 2. The number of ether oxygens (including phenoxy) is 2. The second-order valence-electron chi connectivity index (χ2n) is 7.32. The normalized spacial score (nSPS) is 15.1. The highest BCUT2D eigenvalue weighted by Crippen LogP contribution is 2.32. The first-order valence-electron chi connectivity index (χ1n) is 9.36. The summed E-state index contributed by atoms with van der Waals surface area (Å²) in [4.78, 5) is 47.1. The lowest BCUT2D eigenvalue weighted by Crippen LogP contribution is -2.42. The molecule has 1 fully saturated rings. The SMILES string of the molecule is CC1(C)OC(=O)C(=CNc2ccc(-c3n[nH]c(=O)c4ccccc34)cc2[N+](=O)[O-])C(=O)O1. The number of cyclic esters (lactones) is 2. The molecule has 3 aromatic rings. The highest BCUT2D eigenvalue weighted by Gasteiger charge is 2.39. The first kappa shape index (κ1) is 20.7. The molecule has 11 nitrogen and oxygen atoms in total. The number of carbonyl (C=O) groups excluding carboxylic acids is 2. The molecule has 0 atom stereocenters. The zero-order valence-corrected chi connectivity index (χ0v) is 16.9. The van der Waals surface area contributed by atoms with E-state index in [0.717, 1.165) is 6.20 Å². The van der Waals surface area contributed by atoms with Gasteiger partial charge in [0, 0.05) is 37.1 Å². The molecule has 0 radical (unpaired) electrons. The minimum atomic E-state index is -1.40. The van der Waals surface area contributed by atoms with Crippen molar-refractivity contribution in [1.82, 2.24) is 10.2 Å². The van der Waals surface area contributed by atoms with Crippen molar-refractivity contribution >= 4 is 34.1 Å². The second-order valence-corrected chi connectivity index (χ2v) is 7.32. The molecule has 1 saturated heterocycles. The summed E-state index contributed by atoms with van der Waals surface area (Å²) in [5.74, 6) is -3.23. The molecule has 1 aliphatic rings. The maximum Gasteiger partial charge on any atom is 0.350 e. The average molecular weight is 436 g/mol. The van der Waals surface area contributed by atoms with Crippen LogP contribution in [0.15, 0.2) is 59.0 Å². The molecule has 0 spiro atoms. The van der Waals surface area contributed by atoms with E-state index in [1.165, 1.54) is 26.0 Å². The molecule has 1 aliphatic heterocycles. The lowest BCUT2D eigenvalue weighted by atomic mass is 10.0. The molecule has 0 unspecified atom stereocenters. The van der Waals surface area contributed by atoms with E-state index in [0.29, 0.717) is 22.0 Å². The van der Waals surface area contributed by atoms with Crippen LogP contribution in [0.2, 0.25) is 0 Å². The van der Waals surface area contributed by atoms with Crippen molar-refractivity contribution in [2.75, 3.05) is 5.32 Å². The molecular weight excluding hydrogens is 420 g/mol. The van der Waals surface area contributed by atoms with Crippen molar-refractivity contribution in [3.8, 4) is 11.3 Å². The third kappa shape index (κ3) is 3.78. The van der Waals surface area contributed by atoms with Gasteiger partial charge in [-0.15, -0.1) is 0 Å². The number of hydrogen-bond acceptors (Lipinski definition) is 9. The Morgan fingerprint density at radius 3 is 2.38 bits per heavy atom. The summed E-state index contributed by atoms with van der Waals surface area (Å²) in [6.07, 6.45) is 0.996. The second kappa shape index (κ2) is 7.61. The molecule has 2 heterocycles. The molecule has 11 heteroatoms. The number of H-pyrrole nitrogens is 1. The van der Waals surface area contributed by atoms with Gasteiger partial charge >= 0.3 is 11.9 Å². The third-order valence-electron chi connectivity index (χ3n) is 4.65. The first-order valence-corrected chi connectivity index (χ1v) is 9.36. The number of esters is 2. The van der Waals surface area contributed by atoms with Crippen molar-refractivity contribution in [2.45, 2.75) is 19.6 Å². The van der Waals surface area contributed by atoms with E-state index >= 15 is 0 Å². The predicted octanol–water partition coefficient (Wildman–Crippen LogP) is 2.63. The Bertz CT molecular complexity index is 1350. The molecule has 1 aromatic heterocycles. The summed E-state index contributed by atoms with van der Waals surface area (Å²) in [6.45, 7) is 2.82. The van der Waals surface area contributed by atoms with Crippen LogP contribution < -0.4 is 10.9 Å². The fourth-order valence-electron chi connectivity index (χ4n) is 3.22. The Morgan fingerprint density at radius 1 is 1.06 bits per heavy atom. The molecule has 4 rings (SSSR count). The van der Waals surface area contributed by atoms with Crippen LogP contribution in [0.3, 0.4) is 0 Å². The quantitative estimate of drug-likeness (QED) is 0.206. The van der Waals surface area contributed by atoms with E-state index in [9.17, 15) is 24.5 Å². The van der Waals surface area contributed by atoms with Crippen molar-refractivity contribution in [3.05, 3.63) is 74.7 Å². The van der Waals surface area contributed by atoms with Crippen LogP contribution in [0, 0.1) is 10.1 Å². The number of nitro benzene ring substituents is 1. The summed E-state index contributed by atoms with van der Waals surface area (Å²) in [7, 11) is 0. The van der Waals surface area contributed by atoms with Gasteiger partial charge in [0.2, 0.25) is 0 Å². The summed E-state index contributed by atoms with van der Waals surface area (Å²) in [5.41, 5.74) is -0.385. The van der Waals surface area contributed by atoms with Gasteiger partial charge in [-0.3, -0.25) is 14.9 Å². The Kier molecular flexibility index (Phi) is 4.93. The van der Waals surface area contributed by atoms with Gasteiger partial charge < -0.3 is 14.8 Å². The van der Waals surface area contributed by atoms with E-state index in [2.05, 4.69) is 15.5 Å². The first-order chi connectivity index (χ1) is 15.2. The fourth-order valence-corrected chi connectivity index (χ4v) is 3.22. The standard InChI is InChI=1S/C21H16N4O7/c1-21(2)31-19(27)14(20(28)32-21)10-22-15-8-7-11(9-16(15)25(29)30)17-12-5-3-4-6-13(12)18(26)24-23-17/h3-10,22H,1-2H3,(H,24,26). The lowest BCUT2D eigenvalue weighted by Gasteiger charge is -2.29. The maximum absolute atomic E-state index is 12.0. The van der Waals surface area contributed by atoms with Gasteiger partial charge in [0.05, 0.1) is 16.0 Å². The Morgan fingerprint density at radius 2 is 1.72 bits per heavy atom. The molecule has 2 N–H and O–H groups in total. The van der Waals surface area contributed by atoms with E-state index in [-0.39, 0.29) is 16.9 Å². The van der Waals surface area contributed by atoms with E-state index in [1.54, 1.807) is 30.3 Å². The van der Waals surface area contributed by atoms with Gasteiger partial charge in [0.1, 0.15) is 5.69 Å². The number of anilines is 1. The average Bonchev–Trinajstić information content (AvgIpc) is 2.73. The monoisotopic (exact) mass is 436 g/mol. The minimum absolute atomic E-state index is 0.0189. The number of aromatic nitrogens is 2. The van der Waals surface area contributed by atoms with Crippen molar-refractivity contribution in [1.29, 1.82) is 0 Å². The zero-order chi connectivity index (χ0) is 23.0. The van der Waals surface area contributed by atoms with Crippen LogP contribution in [0.25, 0.3) is 22.0 Å². The number of fused-ring (bicyclic) bond motifs is 1. The molecule has 0 bridgehead atoms. The number of nitro groups is 1. The number of rotatable bonds is 4. The third-order valence-corrected chi connectivity index (χ3v) is 4.65. The smallest absolute Gasteiger partial charge is 0.350 e. The van der Waals surface area contributed by atoms with Crippen LogP contribution in [0.4, 0.5) is 11.4 Å². The van der Waals surface area contributed by atoms with Gasteiger partial charge in [-0.1, -0.05) is 24.3 Å². The van der Waals surface area contributed by atoms with Gasteiger partial charge in [-0.2, -0.15) is 5.10 Å². The number of carbonyl (C=O) groups is 2. The minimum Gasteiger partial charge on any atom is -0.419 e.